The molecule has 6 heteroatoms. The minimum atomic E-state index is -0.0663. The number of amides is 1. The largest absolute Gasteiger partial charge is 0.326 e. The fraction of sp³-hybridized carbons (Fsp3) is 0.350. The van der Waals surface area contributed by atoms with Crippen LogP contribution in [0.25, 0.3) is 0 Å². The van der Waals surface area contributed by atoms with Gasteiger partial charge in [-0.1, -0.05) is 46.9 Å². The first-order chi connectivity index (χ1) is 12.4. The molecule has 0 radical (unpaired) electrons. The summed E-state index contributed by atoms with van der Waals surface area (Å²) < 4.78 is 0. The molecule has 0 saturated carbocycles. The fourth-order valence-electron chi connectivity index (χ4n) is 3.28. The van der Waals surface area contributed by atoms with E-state index in [1.807, 2.05) is 37.3 Å². The molecule has 138 valence electrons. The van der Waals surface area contributed by atoms with E-state index >= 15 is 0 Å². The Morgan fingerprint density at radius 3 is 2.65 bits per heavy atom. The van der Waals surface area contributed by atoms with Crippen LogP contribution in [0.3, 0.4) is 0 Å². The monoisotopic (exact) mass is 410 g/mol. The van der Waals surface area contributed by atoms with Gasteiger partial charge in [-0.05, 0) is 56.1 Å². The standard InChI is InChI=1S/C20H21Cl3N2O/c1-13-7-8-15(21)10-19(13)24-20(26)14-4-3-9-25(11-14)12-16-17(22)5-2-6-18(16)23/h2,5-8,10,14H,3-4,9,11-12H2,1H3,(H,24,26)/t14-/m1/s1. The van der Waals surface area contributed by atoms with Crippen LogP contribution >= 0.6 is 34.8 Å². The first-order valence-corrected chi connectivity index (χ1v) is 9.79. The molecule has 3 rings (SSSR count). The van der Waals surface area contributed by atoms with Gasteiger partial charge in [0.05, 0.1) is 5.92 Å². The van der Waals surface area contributed by atoms with Crippen molar-refractivity contribution < 1.29 is 4.79 Å². The number of anilines is 1. The summed E-state index contributed by atoms with van der Waals surface area (Å²) >= 11 is 18.6. The Labute approximate surface area is 169 Å². The van der Waals surface area contributed by atoms with E-state index < -0.39 is 0 Å². The van der Waals surface area contributed by atoms with Crippen molar-refractivity contribution in [2.75, 3.05) is 18.4 Å². The fourth-order valence-corrected chi connectivity index (χ4v) is 3.97. The van der Waals surface area contributed by atoms with Crippen molar-refractivity contribution in [3.63, 3.8) is 0 Å². The van der Waals surface area contributed by atoms with Gasteiger partial charge in [-0.25, -0.2) is 0 Å². The number of likely N-dealkylation sites (tertiary alicyclic amines) is 1. The highest BCUT2D eigenvalue weighted by atomic mass is 35.5. The van der Waals surface area contributed by atoms with E-state index in [1.54, 1.807) is 6.07 Å². The molecule has 1 amide bonds. The molecule has 26 heavy (non-hydrogen) atoms. The van der Waals surface area contributed by atoms with E-state index in [2.05, 4.69) is 10.2 Å². The van der Waals surface area contributed by atoms with Crippen molar-refractivity contribution in [2.24, 2.45) is 5.92 Å². The summed E-state index contributed by atoms with van der Waals surface area (Å²) in [5.74, 6) is -0.0336. The van der Waals surface area contributed by atoms with Crippen LogP contribution < -0.4 is 5.32 Å². The lowest BCUT2D eigenvalue weighted by molar-refractivity contribution is -0.121. The van der Waals surface area contributed by atoms with Crippen molar-refractivity contribution >= 4 is 46.4 Å². The summed E-state index contributed by atoms with van der Waals surface area (Å²) in [5.41, 5.74) is 2.69. The lowest BCUT2D eigenvalue weighted by Gasteiger charge is -2.32. The minimum absolute atomic E-state index is 0.0327. The summed E-state index contributed by atoms with van der Waals surface area (Å²) in [6.45, 7) is 4.23. The summed E-state index contributed by atoms with van der Waals surface area (Å²) in [6.07, 6.45) is 1.84. The highest BCUT2D eigenvalue weighted by Crippen LogP contribution is 2.28. The SMILES string of the molecule is Cc1ccc(Cl)cc1NC(=O)[C@@H]1CCCN(Cc2c(Cl)cccc2Cl)C1. The normalized spacial score (nSPS) is 17.9. The van der Waals surface area contributed by atoms with Gasteiger partial charge in [0.1, 0.15) is 0 Å². The van der Waals surface area contributed by atoms with Crippen molar-refractivity contribution in [1.29, 1.82) is 0 Å². The maximum absolute atomic E-state index is 12.7. The van der Waals surface area contributed by atoms with E-state index in [0.717, 1.165) is 36.2 Å². The Morgan fingerprint density at radius 2 is 1.92 bits per heavy atom. The summed E-state index contributed by atoms with van der Waals surface area (Å²) in [7, 11) is 0. The predicted octanol–water partition coefficient (Wildman–Crippen LogP) is 5.81. The summed E-state index contributed by atoms with van der Waals surface area (Å²) in [6, 6.07) is 11.1. The van der Waals surface area contributed by atoms with Gasteiger partial charge in [0, 0.05) is 39.4 Å². The zero-order chi connectivity index (χ0) is 18.7. The zero-order valence-electron chi connectivity index (χ0n) is 14.6. The van der Waals surface area contributed by atoms with E-state index in [0.29, 0.717) is 28.2 Å². The molecule has 0 unspecified atom stereocenters. The van der Waals surface area contributed by atoms with Crippen LogP contribution in [-0.4, -0.2) is 23.9 Å². The van der Waals surface area contributed by atoms with Crippen molar-refractivity contribution in [3.05, 3.63) is 62.6 Å². The second-order valence-corrected chi connectivity index (χ2v) is 7.97. The zero-order valence-corrected chi connectivity index (χ0v) is 16.8. The second-order valence-electron chi connectivity index (χ2n) is 6.72. The molecular weight excluding hydrogens is 391 g/mol. The van der Waals surface area contributed by atoms with Crippen LogP contribution in [-0.2, 0) is 11.3 Å². The third kappa shape index (κ3) is 4.72. The van der Waals surface area contributed by atoms with Gasteiger partial charge in [-0.15, -0.1) is 0 Å². The Kier molecular flexibility index (Phi) is 6.46. The summed E-state index contributed by atoms with van der Waals surface area (Å²) in [5, 5.41) is 4.97. The predicted molar refractivity (Wildman–Crippen MR) is 109 cm³/mol. The number of carbonyl (C=O) groups excluding carboxylic acids is 1. The number of nitrogens with zero attached hydrogens (tertiary/aromatic N) is 1. The molecule has 3 nitrogen and oxygen atoms in total. The molecule has 2 aromatic rings. The average molecular weight is 412 g/mol. The molecule has 1 aliphatic rings. The number of hydrogen-bond acceptors (Lipinski definition) is 2. The number of halogens is 3. The third-order valence-electron chi connectivity index (χ3n) is 4.78. The van der Waals surface area contributed by atoms with Gasteiger partial charge in [-0.2, -0.15) is 0 Å². The van der Waals surface area contributed by atoms with Gasteiger partial charge in [-0.3, -0.25) is 9.69 Å². The second kappa shape index (κ2) is 8.62. The number of carbonyl (C=O) groups is 1. The molecule has 0 bridgehead atoms. The lowest BCUT2D eigenvalue weighted by atomic mass is 9.96. The highest BCUT2D eigenvalue weighted by Gasteiger charge is 2.27. The molecule has 1 N–H and O–H groups in total. The van der Waals surface area contributed by atoms with Gasteiger partial charge >= 0.3 is 0 Å². The maximum atomic E-state index is 12.7. The molecule has 1 aliphatic heterocycles. The number of hydrogen-bond donors (Lipinski definition) is 1. The van der Waals surface area contributed by atoms with Crippen LogP contribution in [0.5, 0.6) is 0 Å². The Hall–Kier alpha value is -1.26. The van der Waals surface area contributed by atoms with Crippen molar-refractivity contribution in [3.8, 4) is 0 Å². The van der Waals surface area contributed by atoms with Crippen LogP contribution in [0, 0.1) is 12.8 Å². The Balaban J connectivity index is 1.66. The molecule has 1 fully saturated rings. The van der Waals surface area contributed by atoms with Gasteiger partial charge in [0.25, 0.3) is 0 Å². The van der Waals surface area contributed by atoms with E-state index in [-0.39, 0.29) is 11.8 Å². The number of aryl methyl sites for hydroxylation is 1. The highest BCUT2D eigenvalue weighted by molar-refractivity contribution is 6.36. The van der Waals surface area contributed by atoms with Crippen LogP contribution in [0.15, 0.2) is 36.4 Å². The minimum Gasteiger partial charge on any atom is -0.326 e. The Bertz CT molecular complexity index is 789. The van der Waals surface area contributed by atoms with Crippen LogP contribution in [0.1, 0.15) is 24.0 Å². The molecule has 0 spiro atoms. The van der Waals surface area contributed by atoms with E-state index in [9.17, 15) is 4.79 Å². The van der Waals surface area contributed by atoms with Gasteiger partial charge in [0.2, 0.25) is 5.91 Å². The molecular formula is C20H21Cl3N2O. The van der Waals surface area contributed by atoms with Crippen LogP contribution in [0.4, 0.5) is 5.69 Å². The molecule has 1 heterocycles. The number of nitrogens with one attached hydrogen (secondary N) is 1. The number of benzene rings is 2. The first kappa shape index (κ1) is 19.5. The molecule has 0 aliphatic carbocycles. The average Bonchev–Trinajstić information content (AvgIpc) is 2.62. The van der Waals surface area contributed by atoms with Crippen molar-refractivity contribution in [2.45, 2.75) is 26.3 Å². The maximum Gasteiger partial charge on any atom is 0.228 e. The number of piperidine rings is 1. The molecule has 1 saturated heterocycles. The van der Waals surface area contributed by atoms with Gasteiger partial charge in [0.15, 0.2) is 0 Å². The van der Waals surface area contributed by atoms with Crippen LogP contribution in [0.2, 0.25) is 15.1 Å². The molecule has 1 atom stereocenters. The van der Waals surface area contributed by atoms with E-state index in [4.69, 9.17) is 34.8 Å². The summed E-state index contributed by atoms with van der Waals surface area (Å²) in [4.78, 5) is 15.0. The number of rotatable bonds is 4. The van der Waals surface area contributed by atoms with Gasteiger partial charge < -0.3 is 5.32 Å². The molecule has 0 aromatic heterocycles. The Morgan fingerprint density at radius 1 is 1.19 bits per heavy atom. The topological polar surface area (TPSA) is 32.3 Å². The smallest absolute Gasteiger partial charge is 0.228 e. The third-order valence-corrected chi connectivity index (χ3v) is 5.72. The lowest BCUT2D eigenvalue weighted by Crippen LogP contribution is -2.40. The molecule has 2 aromatic carbocycles. The quantitative estimate of drug-likeness (QED) is 0.689. The van der Waals surface area contributed by atoms with Crippen molar-refractivity contribution in [1.82, 2.24) is 4.90 Å². The van der Waals surface area contributed by atoms with E-state index in [1.165, 1.54) is 0 Å². The first-order valence-electron chi connectivity index (χ1n) is 8.66.